The Hall–Kier alpha value is -2.59. The van der Waals surface area contributed by atoms with Crippen LogP contribution in [0, 0.1) is 0 Å². The molecule has 0 aliphatic heterocycles. The predicted octanol–water partition coefficient (Wildman–Crippen LogP) is 6.22. The Balaban J connectivity index is 1.75. The lowest BCUT2D eigenvalue weighted by molar-refractivity contribution is -0.140. The Bertz CT molecular complexity index is 1450. The highest BCUT2D eigenvalue weighted by molar-refractivity contribution is 9.10. The van der Waals surface area contributed by atoms with E-state index in [0.29, 0.717) is 21.3 Å². The van der Waals surface area contributed by atoms with E-state index in [9.17, 15) is 18.0 Å². The average molecular weight is 681 g/mol. The largest absolute Gasteiger partial charge is 0.352 e. The Kier molecular flexibility index (Phi) is 10.7. The van der Waals surface area contributed by atoms with Crippen LogP contribution < -0.4 is 9.62 Å². The fraction of sp³-hybridized carbons (Fsp3) is 0.333. The summed E-state index contributed by atoms with van der Waals surface area (Å²) in [5.41, 5.74) is 1.66. The number of nitrogens with one attached hydrogen (secondary N) is 1. The van der Waals surface area contributed by atoms with Crippen LogP contribution in [-0.4, -0.2) is 50.0 Å². The topological polar surface area (TPSA) is 86.8 Å². The summed E-state index contributed by atoms with van der Waals surface area (Å²) in [6.45, 7) is -0.588. The number of rotatable bonds is 11. The van der Waals surface area contributed by atoms with E-state index in [2.05, 4.69) is 21.2 Å². The van der Waals surface area contributed by atoms with Crippen LogP contribution in [0.2, 0.25) is 10.0 Å². The number of anilines is 1. The minimum Gasteiger partial charge on any atom is -0.352 e. The maximum Gasteiger partial charge on any atom is 0.244 e. The van der Waals surface area contributed by atoms with Gasteiger partial charge in [-0.05, 0) is 54.8 Å². The monoisotopic (exact) mass is 679 g/mol. The van der Waals surface area contributed by atoms with Gasteiger partial charge < -0.3 is 10.2 Å². The number of hydrogen-bond donors (Lipinski definition) is 1. The Labute approximate surface area is 260 Å². The third-order valence-electron chi connectivity index (χ3n) is 7.16. The molecule has 11 heteroatoms. The van der Waals surface area contributed by atoms with Gasteiger partial charge in [0.25, 0.3) is 0 Å². The SMILES string of the molecule is CS(=O)(=O)N(CC(=O)N(Cc1c(Cl)cccc1Cl)C(Cc1ccccc1)C(=O)NC1CCCC1)c1ccc(Br)cc1. The molecule has 0 heterocycles. The number of carbonyl (C=O) groups excluding carboxylic acids is 2. The molecule has 3 aromatic carbocycles. The number of halogens is 3. The zero-order chi connectivity index (χ0) is 29.6. The van der Waals surface area contributed by atoms with Crippen LogP contribution in [0.15, 0.2) is 77.3 Å². The van der Waals surface area contributed by atoms with E-state index in [1.165, 1.54) is 4.90 Å². The maximum atomic E-state index is 14.2. The van der Waals surface area contributed by atoms with Crippen LogP contribution >= 0.6 is 39.1 Å². The van der Waals surface area contributed by atoms with Crippen molar-refractivity contribution < 1.29 is 18.0 Å². The quantitative estimate of drug-likeness (QED) is 0.261. The van der Waals surface area contributed by atoms with Crippen LogP contribution in [0.3, 0.4) is 0 Å². The van der Waals surface area contributed by atoms with E-state index in [1.54, 1.807) is 42.5 Å². The number of sulfonamides is 1. The molecule has 0 spiro atoms. The molecular weight excluding hydrogens is 649 g/mol. The van der Waals surface area contributed by atoms with Gasteiger partial charge in [-0.25, -0.2) is 8.42 Å². The van der Waals surface area contributed by atoms with Gasteiger partial charge in [-0.1, -0.05) is 88.4 Å². The molecule has 1 saturated carbocycles. The molecule has 218 valence electrons. The maximum absolute atomic E-state index is 14.2. The minimum absolute atomic E-state index is 0.0249. The van der Waals surface area contributed by atoms with E-state index < -0.39 is 28.5 Å². The zero-order valence-corrected chi connectivity index (χ0v) is 26.5. The lowest BCUT2D eigenvalue weighted by atomic mass is 10.0. The lowest BCUT2D eigenvalue weighted by Crippen LogP contribution is -2.54. The van der Waals surface area contributed by atoms with Crippen LogP contribution in [0.4, 0.5) is 5.69 Å². The highest BCUT2D eigenvalue weighted by Crippen LogP contribution is 2.28. The number of benzene rings is 3. The van der Waals surface area contributed by atoms with E-state index in [4.69, 9.17) is 23.2 Å². The molecule has 1 aliphatic carbocycles. The molecule has 41 heavy (non-hydrogen) atoms. The number of nitrogens with zero attached hydrogens (tertiary/aromatic N) is 2. The zero-order valence-electron chi connectivity index (χ0n) is 22.6. The van der Waals surface area contributed by atoms with Crippen molar-refractivity contribution in [1.82, 2.24) is 10.2 Å². The van der Waals surface area contributed by atoms with Gasteiger partial charge in [0, 0.05) is 39.1 Å². The molecule has 3 aromatic rings. The molecule has 1 aliphatic rings. The lowest BCUT2D eigenvalue weighted by Gasteiger charge is -2.34. The van der Waals surface area contributed by atoms with Crippen LogP contribution in [0.5, 0.6) is 0 Å². The summed E-state index contributed by atoms with van der Waals surface area (Å²) in [4.78, 5) is 29.5. The summed E-state index contributed by atoms with van der Waals surface area (Å²) in [6, 6.07) is 20.2. The average Bonchev–Trinajstić information content (AvgIpc) is 3.44. The highest BCUT2D eigenvalue weighted by atomic mass is 79.9. The molecule has 7 nitrogen and oxygen atoms in total. The predicted molar refractivity (Wildman–Crippen MR) is 168 cm³/mol. The molecule has 1 N–H and O–H groups in total. The van der Waals surface area contributed by atoms with Crippen LogP contribution in [0.25, 0.3) is 0 Å². The first-order valence-electron chi connectivity index (χ1n) is 13.3. The second-order valence-electron chi connectivity index (χ2n) is 10.2. The summed E-state index contributed by atoms with van der Waals surface area (Å²) in [7, 11) is -3.85. The number of amides is 2. The summed E-state index contributed by atoms with van der Waals surface area (Å²) in [5.74, 6) is -0.858. The van der Waals surface area contributed by atoms with Crippen molar-refractivity contribution in [3.63, 3.8) is 0 Å². The van der Waals surface area contributed by atoms with Crippen molar-refractivity contribution in [3.8, 4) is 0 Å². The molecular formula is C30H32BrCl2N3O4S. The Morgan fingerprint density at radius 1 is 0.951 bits per heavy atom. The summed E-state index contributed by atoms with van der Waals surface area (Å²) < 4.78 is 27.6. The second-order valence-corrected chi connectivity index (χ2v) is 13.8. The third-order valence-corrected chi connectivity index (χ3v) is 9.53. The molecule has 0 radical (unpaired) electrons. The fourth-order valence-corrected chi connectivity index (χ4v) is 6.63. The van der Waals surface area contributed by atoms with Gasteiger partial charge in [-0.3, -0.25) is 13.9 Å². The van der Waals surface area contributed by atoms with Crippen molar-refractivity contribution >= 4 is 66.7 Å². The van der Waals surface area contributed by atoms with Crippen molar-refractivity contribution in [3.05, 3.63) is 98.4 Å². The van der Waals surface area contributed by atoms with Gasteiger partial charge in [0.2, 0.25) is 21.8 Å². The molecule has 2 amide bonds. The molecule has 1 unspecified atom stereocenters. The Morgan fingerprint density at radius 3 is 2.15 bits per heavy atom. The van der Waals surface area contributed by atoms with Crippen molar-refractivity contribution in [2.45, 2.75) is 50.7 Å². The van der Waals surface area contributed by atoms with Crippen molar-refractivity contribution in [2.75, 3.05) is 17.1 Å². The van der Waals surface area contributed by atoms with E-state index in [0.717, 1.165) is 46.3 Å². The standard InChI is InChI=1S/C30H32BrCl2N3O4S/c1-41(39,40)36(24-16-14-22(31)15-17-24)20-29(37)35(19-25-26(32)12-7-13-27(25)33)28(18-21-8-3-2-4-9-21)30(38)34-23-10-5-6-11-23/h2-4,7-9,12-17,23,28H,5-6,10-11,18-20H2,1H3,(H,34,38). The molecule has 0 aromatic heterocycles. The number of hydrogen-bond acceptors (Lipinski definition) is 4. The van der Waals surface area contributed by atoms with E-state index in [1.807, 2.05) is 30.3 Å². The third kappa shape index (κ3) is 8.47. The van der Waals surface area contributed by atoms with Crippen LogP contribution in [-0.2, 0) is 32.6 Å². The Morgan fingerprint density at radius 2 is 1.56 bits per heavy atom. The molecule has 1 fully saturated rings. The second kappa shape index (κ2) is 14.1. The van der Waals surface area contributed by atoms with Crippen LogP contribution in [0.1, 0.15) is 36.8 Å². The van der Waals surface area contributed by atoms with Gasteiger partial charge in [0.05, 0.1) is 11.9 Å². The first-order chi connectivity index (χ1) is 19.5. The van der Waals surface area contributed by atoms with Gasteiger partial charge in [-0.15, -0.1) is 0 Å². The molecule has 0 bridgehead atoms. The van der Waals surface area contributed by atoms with Gasteiger partial charge >= 0.3 is 0 Å². The summed E-state index contributed by atoms with van der Waals surface area (Å²) in [5, 5.41) is 3.83. The van der Waals surface area contributed by atoms with E-state index >= 15 is 0 Å². The summed E-state index contributed by atoms with van der Waals surface area (Å²) >= 11 is 16.4. The number of carbonyl (C=O) groups is 2. The normalized spacial score (nSPS) is 14.4. The smallest absolute Gasteiger partial charge is 0.244 e. The van der Waals surface area contributed by atoms with Gasteiger partial charge in [0.15, 0.2) is 0 Å². The van der Waals surface area contributed by atoms with Crippen molar-refractivity contribution in [1.29, 1.82) is 0 Å². The molecule has 1 atom stereocenters. The van der Waals surface area contributed by atoms with Gasteiger partial charge in [0.1, 0.15) is 12.6 Å². The first kappa shape index (κ1) is 31.3. The van der Waals surface area contributed by atoms with E-state index in [-0.39, 0.29) is 24.9 Å². The minimum atomic E-state index is -3.85. The fourth-order valence-electron chi connectivity index (χ4n) is 5.00. The van der Waals surface area contributed by atoms with Gasteiger partial charge in [-0.2, -0.15) is 0 Å². The molecule has 4 rings (SSSR count). The summed E-state index contributed by atoms with van der Waals surface area (Å²) in [6.07, 6.45) is 5.08. The molecule has 0 saturated heterocycles. The highest BCUT2D eigenvalue weighted by Gasteiger charge is 2.35. The first-order valence-corrected chi connectivity index (χ1v) is 16.7. The van der Waals surface area contributed by atoms with Crippen molar-refractivity contribution in [2.24, 2.45) is 0 Å².